The van der Waals surface area contributed by atoms with Gasteiger partial charge in [0, 0.05) is 36.9 Å². The number of carbonyl (C=O) groups is 2. The van der Waals surface area contributed by atoms with Crippen LogP contribution in [0.2, 0.25) is 5.02 Å². The summed E-state index contributed by atoms with van der Waals surface area (Å²) in [5, 5.41) is 10.3. The fourth-order valence-corrected chi connectivity index (χ4v) is 5.18. The topological polar surface area (TPSA) is 60.9 Å². The van der Waals surface area contributed by atoms with Crippen molar-refractivity contribution in [1.29, 1.82) is 0 Å². The number of hydrogen-bond acceptors (Lipinski definition) is 3. The lowest BCUT2D eigenvalue weighted by Gasteiger charge is -2.39. The first-order valence-electron chi connectivity index (χ1n) is 9.06. The summed E-state index contributed by atoms with van der Waals surface area (Å²) in [6.45, 7) is 2.85. The van der Waals surface area contributed by atoms with Gasteiger partial charge in [0.25, 0.3) is 0 Å². The lowest BCUT2D eigenvalue weighted by atomic mass is 9.78. The zero-order chi connectivity index (χ0) is 17.6. The minimum atomic E-state index is -0.787. The van der Waals surface area contributed by atoms with Crippen LogP contribution >= 0.6 is 11.6 Å². The molecule has 0 radical (unpaired) electrons. The molecule has 2 aliphatic carbocycles. The van der Waals surface area contributed by atoms with Crippen molar-refractivity contribution < 1.29 is 14.7 Å². The molecule has 2 saturated carbocycles. The number of anilines is 1. The Morgan fingerprint density at radius 3 is 2.16 bits per heavy atom. The van der Waals surface area contributed by atoms with Crippen molar-refractivity contribution in [1.82, 2.24) is 4.90 Å². The SMILES string of the molecule is O=C(O)C1C2CCC(C2)C1C(=O)N1CCN(c2ccc(Cl)cc2)CC1. The van der Waals surface area contributed by atoms with E-state index in [0.29, 0.717) is 18.1 Å². The van der Waals surface area contributed by atoms with Crippen molar-refractivity contribution in [2.45, 2.75) is 19.3 Å². The van der Waals surface area contributed by atoms with Crippen LogP contribution < -0.4 is 4.90 Å². The summed E-state index contributed by atoms with van der Waals surface area (Å²) in [5.41, 5.74) is 1.11. The number of carboxylic acid groups (broad SMARTS) is 1. The number of piperazine rings is 1. The van der Waals surface area contributed by atoms with Crippen molar-refractivity contribution >= 4 is 29.2 Å². The molecule has 3 aliphatic rings. The van der Waals surface area contributed by atoms with E-state index in [9.17, 15) is 14.7 Å². The van der Waals surface area contributed by atoms with Crippen molar-refractivity contribution in [3.8, 4) is 0 Å². The number of benzene rings is 1. The predicted molar refractivity (Wildman–Crippen MR) is 95.7 cm³/mol. The molecular weight excluding hydrogens is 340 g/mol. The fraction of sp³-hybridized carbons (Fsp3) is 0.579. The number of carboxylic acids is 1. The highest BCUT2D eigenvalue weighted by Crippen LogP contribution is 2.53. The van der Waals surface area contributed by atoms with E-state index >= 15 is 0 Å². The number of carbonyl (C=O) groups excluding carboxylic acids is 1. The Morgan fingerprint density at radius 2 is 1.56 bits per heavy atom. The third kappa shape index (κ3) is 2.99. The highest BCUT2D eigenvalue weighted by molar-refractivity contribution is 6.30. The highest BCUT2D eigenvalue weighted by Gasteiger charge is 2.54. The van der Waals surface area contributed by atoms with Crippen molar-refractivity contribution in [2.24, 2.45) is 23.7 Å². The summed E-state index contributed by atoms with van der Waals surface area (Å²) >= 11 is 5.94. The quantitative estimate of drug-likeness (QED) is 0.898. The average Bonchev–Trinajstić information content (AvgIpc) is 3.23. The van der Waals surface area contributed by atoms with Gasteiger partial charge in [0.05, 0.1) is 11.8 Å². The molecule has 1 amide bonds. The third-order valence-corrected chi connectivity index (χ3v) is 6.52. The van der Waals surface area contributed by atoms with E-state index in [0.717, 1.165) is 38.0 Å². The summed E-state index contributed by atoms with van der Waals surface area (Å²) in [7, 11) is 0. The Morgan fingerprint density at radius 1 is 0.960 bits per heavy atom. The van der Waals surface area contributed by atoms with Gasteiger partial charge in [-0.1, -0.05) is 11.6 Å². The van der Waals surface area contributed by atoms with Crippen LogP contribution in [0.25, 0.3) is 0 Å². The number of halogens is 1. The number of hydrogen-bond donors (Lipinski definition) is 1. The Hall–Kier alpha value is -1.75. The van der Waals surface area contributed by atoms with Gasteiger partial charge < -0.3 is 14.9 Å². The highest BCUT2D eigenvalue weighted by atomic mass is 35.5. The summed E-state index contributed by atoms with van der Waals surface area (Å²) in [6, 6.07) is 7.74. The molecule has 25 heavy (non-hydrogen) atoms. The smallest absolute Gasteiger partial charge is 0.307 e. The molecular formula is C19H23ClN2O3. The zero-order valence-electron chi connectivity index (χ0n) is 14.1. The van der Waals surface area contributed by atoms with E-state index in [4.69, 9.17) is 11.6 Å². The van der Waals surface area contributed by atoms with Crippen LogP contribution in [0.15, 0.2) is 24.3 Å². The van der Waals surface area contributed by atoms with E-state index in [1.54, 1.807) is 0 Å². The first-order valence-corrected chi connectivity index (χ1v) is 9.44. The maximum Gasteiger partial charge on any atom is 0.307 e. The van der Waals surface area contributed by atoms with Crippen LogP contribution in [0, 0.1) is 23.7 Å². The second-order valence-corrected chi connectivity index (χ2v) is 7.95. The van der Waals surface area contributed by atoms with Gasteiger partial charge in [0.2, 0.25) is 5.91 Å². The van der Waals surface area contributed by atoms with Gasteiger partial charge in [-0.05, 0) is 55.4 Å². The van der Waals surface area contributed by atoms with Crippen LogP contribution in [0.1, 0.15) is 19.3 Å². The third-order valence-electron chi connectivity index (χ3n) is 6.27. The molecule has 1 aromatic carbocycles. The van der Waals surface area contributed by atoms with E-state index in [-0.39, 0.29) is 23.7 Å². The first kappa shape index (κ1) is 16.7. The monoisotopic (exact) mass is 362 g/mol. The van der Waals surface area contributed by atoms with Crippen molar-refractivity contribution in [2.75, 3.05) is 31.1 Å². The van der Waals surface area contributed by atoms with Gasteiger partial charge in [-0.3, -0.25) is 9.59 Å². The van der Waals surface area contributed by atoms with Crippen molar-refractivity contribution in [3.63, 3.8) is 0 Å². The standard InChI is InChI=1S/C19H23ClN2O3/c20-14-3-5-15(6-4-14)21-7-9-22(10-8-21)18(23)16-12-1-2-13(11-12)17(16)19(24)25/h3-6,12-13,16-17H,1-2,7-11H2,(H,24,25). The number of rotatable bonds is 3. The molecule has 134 valence electrons. The second kappa shape index (κ2) is 6.52. The van der Waals surface area contributed by atoms with Gasteiger partial charge in [0.15, 0.2) is 0 Å². The fourth-order valence-electron chi connectivity index (χ4n) is 5.05. The summed E-state index contributed by atoms with van der Waals surface area (Å²) in [6.07, 6.45) is 2.89. The van der Waals surface area contributed by atoms with Crippen LogP contribution in [-0.2, 0) is 9.59 Å². The Balaban J connectivity index is 1.41. The summed E-state index contributed by atoms with van der Waals surface area (Å²) < 4.78 is 0. The molecule has 4 rings (SSSR count). The van der Waals surface area contributed by atoms with Crippen LogP contribution in [0.4, 0.5) is 5.69 Å². The van der Waals surface area contributed by atoms with Crippen LogP contribution in [-0.4, -0.2) is 48.1 Å². The molecule has 1 aliphatic heterocycles. The minimum Gasteiger partial charge on any atom is -0.481 e. The Labute approximate surface area is 152 Å². The van der Waals surface area contributed by atoms with E-state index in [2.05, 4.69) is 4.90 Å². The number of aliphatic carboxylic acids is 1. The van der Waals surface area contributed by atoms with Gasteiger partial charge in [-0.2, -0.15) is 0 Å². The Kier molecular flexibility index (Phi) is 4.36. The van der Waals surface area contributed by atoms with Crippen LogP contribution in [0.5, 0.6) is 0 Å². The van der Waals surface area contributed by atoms with Gasteiger partial charge in [-0.15, -0.1) is 0 Å². The van der Waals surface area contributed by atoms with Crippen molar-refractivity contribution in [3.05, 3.63) is 29.3 Å². The molecule has 0 spiro atoms. The zero-order valence-corrected chi connectivity index (χ0v) is 14.9. The lowest BCUT2D eigenvalue weighted by molar-refractivity contribution is -0.153. The largest absolute Gasteiger partial charge is 0.481 e. The molecule has 3 fully saturated rings. The number of nitrogens with zero attached hydrogens (tertiary/aromatic N) is 2. The molecule has 6 heteroatoms. The van der Waals surface area contributed by atoms with Gasteiger partial charge in [0.1, 0.15) is 0 Å². The first-order chi connectivity index (χ1) is 12.0. The van der Waals surface area contributed by atoms with E-state index in [1.807, 2.05) is 29.2 Å². The molecule has 1 aromatic rings. The van der Waals surface area contributed by atoms with E-state index in [1.165, 1.54) is 0 Å². The molecule has 5 nitrogen and oxygen atoms in total. The Bertz CT molecular complexity index is 670. The molecule has 1 N–H and O–H groups in total. The molecule has 2 bridgehead atoms. The molecule has 1 saturated heterocycles. The summed E-state index contributed by atoms with van der Waals surface area (Å²) in [5.74, 6) is -1.03. The number of fused-ring (bicyclic) bond motifs is 2. The molecule has 0 aromatic heterocycles. The summed E-state index contributed by atoms with van der Waals surface area (Å²) in [4.78, 5) is 28.8. The maximum atomic E-state index is 13.0. The predicted octanol–water partition coefficient (Wildman–Crippen LogP) is 2.74. The lowest BCUT2D eigenvalue weighted by Crippen LogP contribution is -2.52. The van der Waals surface area contributed by atoms with Gasteiger partial charge >= 0.3 is 5.97 Å². The molecule has 1 heterocycles. The minimum absolute atomic E-state index is 0.0651. The number of amides is 1. The maximum absolute atomic E-state index is 13.0. The molecule has 4 atom stereocenters. The van der Waals surface area contributed by atoms with Gasteiger partial charge in [-0.25, -0.2) is 0 Å². The second-order valence-electron chi connectivity index (χ2n) is 7.51. The normalized spacial score (nSPS) is 31.4. The average molecular weight is 363 g/mol. The van der Waals surface area contributed by atoms with E-state index < -0.39 is 11.9 Å². The van der Waals surface area contributed by atoms with Crippen LogP contribution in [0.3, 0.4) is 0 Å². The molecule has 4 unspecified atom stereocenters.